The molecule has 3 N–H and O–H groups in total. The molecule has 0 fully saturated rings. The number of hydrogen-bond donors (Lipinski definition) is 3. The van der Waals surface area contributed by atoms with Gasteiger partial charge < -0.3 is 20.3 Å². The van der Waals surface area contributed by atoms with Crippen molar-refractivity contribution in [3.8, 4) is 0 Å². The Bertz CT molecular complexity index is 720. The van der Waals surface area contributed by atoms with Gasteiger partial charge in [-0.15, -0.1) is 0 Å². The molecule has 174 valence electrons. The molecule has 0 aliphatic rings. The number of rotatable bonds is 13. The molecule has 1 aromatic rings. The summed E-state index contributed by atoms with van der Waals surface area (Å²) in [6.45, 7) is 13.2. The van der Waals surface area contributed by atoms with Gasteiger partial charge in [0.1, 0.15) is 12.8 Å². The number of amides is 1. The lowest BCUT2D eigenvalue weighted by Crippen LogP contribution is -2.50. The second-order valence-corrected chi connectivity index (χ2v) is 8.06. The van der Waals surface area contributed by atoms with Crippen LogP contribution in [0.5, 0.6) is 0 Å². The Labute approximate surface area is 186 Å². The van der Waals surface area contributed by atoms with E-state index in [-0.39, 0.29) is 36.9 Å². The van der Waals surface area contributed by atoms with Crippen molar-refractivity contribution >= 4 is 11.9 Å². The van der Waals surface area contributed by atoms with Gasteiger partial charge in [-0.1, -0.05) is 38.6 Å². The Morgan fingerprint density at radius 2 is 1.90 bits per heavy atom. The minimum atomic E-state index is -0.906. The fraction of sp³-hybridized carbons (Fsp3) is 0.583. The average molecular weight is 435 g/mol. The van der Waals surface area contributed by atoms with E-state index in [1.165, 1.54) is 6.08 Å². The van der Waals surface area contributed by atoms with Crippen LogP contribution in [0.25, 0.3) is 0 Å². The molecular weight excluding hydrogens is 396 g/mol. The second-order valence-electron chi connectivity index (χ2n) is 8.06. The Kier molecular flexibility index (Phi) is 11.5. The first-order chi connectivity index (χ1) is 14.6. The zero-order valence-electron chi connectivity index (χ0n) is 19.4. The van der Waals surface area contributed by atoms with E-state index >= 15 is 0 Å². The maximum absolute atomic E-state index is 12.2. The lowest BCUT2D eigenvalue weighted by molar-refractivity contribution is -0.149. The Morgan fingerprint density at radius 3 is 2.45 bits per heavy atom. The first kappa shape index (κ1) is 26.8. The van der Waals surface area contributed by atoms with Crippen LogP contribution in [0.15, 0.2) is 36.9 Å². The molecule has 0 aromatic heterocycles. The molecule has 31 heavy (non-hydrogen) atoms. The van der Waals surface area contributed by atoms with Crippen LogP contribution in [0.1, 0.15) is 62.9 Å². The molecule has 0 aliphatic carbocycles. The van der Waals surface area contributed by atoms with Crippen molar-refractivity contribution < 1.29 is 24.5 Å². The largest absolute Gasteiger partial charge is 0.461 e. The fourth-order valence-corrected chi connectivity index (χ4v) is 3.59. The molecule has 0 heterocycles. The number of nitrogens with zero attached hydrogens (tertiary/aromatic N) is 1. The molecule has 0 saturated heterocycles. The van der Waals surface area contributed by atoms with Crippen molar-refractivity contribution in [2.24, 2.45) is 5.92 Å². The molecule has 0 spiro atoms. The van der Waals surface area contributed by atoms with E-state index in [1.807, 2.05) is 39.0 Å². The molecule has 0 aliphatic heterocycles. The van der Waals surface area contributed by atoms with E-state index in [1.54, 1.807) is 24.8 Å². The maximum Gasteiger partial charge on any atom is 0.320 e. The molecule has 7 nitrogen and oxygen atoms in total. The summed E-state index contributed by atoms with van der Waals surface area (Å²) in [7, 11) is 0. The summed E-state index contributed by atoms with van der Waals surface area (Å²) < 4.78 is 5.10. The standard InChI is InChI=1S/C24H38N2O5/c1-7-12-31-23(29)15-26(19(6)28)22(17(4)18(5)27)13-16(3)20-10-9-11-21(14-20)24(30)25-8-2/h7,9-11,14,16-19,22,27-28H,1,8,12-13,15H2,2-6H3,(H,25,30)/t16?,17-,18-,19?,22?/m1/s1. The zero-order valence-corrected chi connectivity index (χ0v) is 19.4. The van der Waals surface area contributed by atoms with Crippen LogP contribution >= 0.6 is 0 Å². The monoisotopic (exact) mass is 434 g/mol. The number of esters is 1. The summed E-state index contributed by atoms with van der Waals surface area (Å²) in [6.07, 6.45) is 0.523. The number of benzene rings is 1. The van der Waals surface area contributed by atoms with Gasteiger partial charge in [0, 0.05) is 18.2 Å². The highest BCUT2D eigenvalue weighted by Crippen LogP contribution is 2.29. The van der Waals surface area contributed by atoms with E-state index < -0.39 is 18.3 Å². The quantitative estimate of drug-likeness (QED) is 0.251. The number of ether oxygens (including phenoxy) is 1. The van der Waals surface area contributed by atoms with Crippen LogP contribution in [0.2, 0.25) is 0 Å². The molecule has 0 saturated carbocycles. The predicted octanol–water partition coefficient (Wildman–Crippen LogP) is 2.68. The number of nitrogens with one attached hydrogen (secondary N) is 1. The van der Waals surface area contributed by atoms with Crippen molar-refractivity contribution in [2.75, 3.05) is 19.7 Å². The number of hydrogen-bond acceptors (Lipinski definition) is 6. The van der Waals surface area contributed by atoms with Crippen LogP contribution in [-0.4, -0.2) is 65.1 Å². The second kappa shape index (κ2) is 13.2. The summed E-state index contributed by atoms with van der Waals surface area (Å²) in [4.78, 5) is 26.1. The third-order valence-electron chi connectivity index (χ3n) is 5.60. The summed E-state index contributed by atoms with van der Waals surface area (Å²) >= 11 is 0. The van der Waals surface area contributed by atoms with Crippen LogP contribution < -0.4 is 5.32 Å². The van der Waals surface area contributed by atoms with Crippen molar-refractivity contribution in [3.63, 3.8) is 0 Å². The molecule has 1 amide bonds. The number of carbonyl (C=O) groups is 2. The summed E-state index contributed by atoms with van der Waals surface area (Å²) in [5.74, 6) is -0.780. The topological polar surface area (TPSA) is 99.1 Å². The van der Waals surface area contributed by atoms with E-state index in [4.69, 9.17) is 4.74 Å². The van der Waals surface area contributed by atoms with Crippen molar-refractivity contribution in [3.05, 3.63) is 48.0 Å². The molecule has 7 heteroatoms. The van der Waals surface area contributed by atoms with Crippen molar-refractivity contribution in [2.45, 2.75) is 65.3 Å². The SMILES string of the molecule is C=CCOC(=O)CN(C(C)O)C(CC(C)c1cccc(C(=O)NCC)c1)[C@H](C)[C@@H](C)O. The highest BCUT2D eigenvalue weighted by Gasteiger charge is 2.33. The smallest absolute Gasteiger partial charge is 0.320 e. The highest BCUT2D eigenvalue weighted by atomic mass is 16.5. The lowest BCUT2D eigenvalue weighted by Gasteiger charge is -2.39. The first-order valence-electron chi connectivity index (χ1n) is 10.9. The molecule has 3 unspecified atom stereocenters. The minimum absolute atomic E-state index is 0.0195. The zero-order chi connectivity index (χ0) is 23.6. The number of aliphatic hydroxyl groups excluding tert-OH is 2. The normalized spacial score (nSPS) is 16.1. The molecular formula is C24H38N2O5. The van der Waals surface area contributed by atoms with Gasteiger partial charge in [0.25, 0.3) is 5.91 Å². The summed E-state index contributed by atoms with van der Waals surface area (Å²) in [5, 5.41) is 23.5. The van der Waals surface area contributed by atoms with Crippen LogP contribution in [0, 0.1) is 5.92 Å². The number of aliphatic hydroxyl groups is 2. The van der Waals surface area contributed by atoms with E-state index in [0.717, 1.165) is 5.56 Å². The minimum Gasteiger partial charge on any atom is -0.461 e. The molecule has 1 aromatic carbocycles. The highest BCUT2D eigenvalue weighted by molar-refractivity contribution is 5.94. The van der Waals surface area contributed by atoms with Gasteiger partial charge in [0.15, 0.2) is 0 Å². The first-order valence-corrected chi connectivity index (χ1v) is 10.9. The maximum atomic E-state index is 12.2. The molecule has 5 atom stereocenters. The van der Waals surface area contributed by atoms with Gasteiger partial charge in [0.2, 0.25) is 0 Å². The fourth-order valence-electron chi connectivity index (χ4n) is 3.59. The van der Waals surface area contributed by atoms with Gasteiger partial charge in [0.05, 0.1) is 12.6 Å². The van der Waals surface area contributed by atoms with Gasteiger partial charge in [-0.3, -0.25) is 14.5 Å². The van der Waals surface area contributed by atoms with Crippen LogP contribution in [0.4, 0.5) is 0 Å². The Morgan fingerprint density at radius 1 is 1.23 bits per heavy atom. The predicted molar refractivity (Wildman–Crippen MR) is 122 cm³/mol. The lowest BCUT2D eigenvalue weighted by atomic mass is 9.84. The summed E-state index contributed by atoms with van der Waals surface area (Å²) in [5.41, 5.74) is 1.57. The Balaban J connectivity index is 3.12. The van der Waals surface area contributed by atoms with Gasteiger partial charge in [-0.25, -0.2) is 0 Å². The molecule has 0 bridgehead atoms. The van der Waals surface area contributed by atoms with Crippen LogP contribution in [0.3, 0.4) is 0 Å². The van der Waals surface area contributed by atoms with Gasteiger partial charge in [-0.05, 0) is 56.7 Å². The van der Waals surface area contributed by atoms with Crippen LogP contribution in [-0.2, 0) is 9.53 Å². The molecule has 1 rings (SSSR count). The average Bonchev–Trinajstić information content (AvgIpc) is 2.73. The van der Waals surface area contributed by atoms with Gasteiger partial charge >= 0.3 is 5.97 Å². The van der Waals surface area contributed by atoms with E-state index in [2.05, 4.69) is 11.9 Å². The van der Waals surface area contributed by atoms with Crippen molar-refractivity contribution in [1.29, 1.82) is 0 Å². The van der Waals surface area contributed by atoms with Crippen molar-refractivity contribution in [1.82, 2.24) is 10.2 Å². The number of carbonyl (C=O) groups excluding carboxylic acids is 2. The van der Waals surface area contributed by atoms with Gasteiger partial charge in [-0.2, -0.15) is 0 Å². The third-order valence-corrected chi connectivity index (χ3v) is 5.60. The van der Waals surface area contributed by atoms with E-state index in [9.17, 15) is 19.8 Å². The summed E-state index contributed by atoms with van der Waals surface area (Å²) in [6, 6.07) is 7.16. The Hall–Kier alpha value is -2.22. The molecule has 0 radical (unpaired) electrons. The third kappa shape index (κ3) is 8.44. The van der Waals surface area contributed by atoms with E-state index in [0.29, 0.717) is 18.5 Å².